The average molecular weight is 643 g/mol. The Bertz CT molecular complexity index is 1580. The summed E-state index contributed by atoms with van der Waals surface area (Å²) in [6.45, 7) is 4.50. The molecule has 1 atom stereocenters. The van der Waals surface area contributed by atoms with Crippen LogP contribution in [0.2, 0.25) is 5.02 Å². The maximum absolute atomic E-state index is 12.0. The topological polar surface area (TPSA) is 144 Å². The number of benzene rings is 1. The van der Waals surface area contributed by atoms with Crippen LogP contribution in [0, 0.1) is 16.7 Å². The van der Waals surface area contributed by atoms with Crippen molar-refractivity contribution in [2.75, 3.05) is 48.8 Å². The van der Waals surface area contributed by atoms with Crippen molar-refractivity contribution >= 4 is 40.7 Å². The van der Waals surface area contributed by atoms with E-state index in [1.54, 1.807) is 6.20 Å². The highest BCUT2D eigenvalue weighted by atomic mass is 35.5. The lowest BCUT2D eigenvalue weighted by Gasteiger charge is -2.32. The van der Waals surface area contributed by atoms with Crippen LogP contribution in [0.25, 0.3) is 11.3 Å². The number of aromatic nitrogens is 2. The van der Waals surface area contributed by atoms with Crippen molar-refractivity contribution in [2.45, 2.75) is 57.2 Å². The lowest BCUT2D eigenvalue weighted by molar-refractivity contribution is -0.133. The molecule has 1 unspecified atom stereocenters. The van der Waals surface area contributed by atoms with E-state index >= 15 is 0 Å². The number of halogens is 1. The third-order valence-corrected chi connectivity index (χ3v) is 9.36. The van der Waals surface area contributed by atoms with Crippen LogP contribution in [0.1, 0.15) is 44.1 Å². The molecule has 1 aromatic carbocycles. The average Bonchev–Trinajstić information content (AvgIpc) is 3.08. The van der Waals surface area contributed by atoms with Crippen LogP contribution < -0.4 is 21.3 Å². The van der Waals surface area contributed by atoms with Crippen LogP contribution in [-0.2, 0) is 20.9 Å². The number of amides is 2. The smallest absolute Gasteiger partial charge is 0.249 e. The zero-order valence-corrected chi connectivity index (χ0v) is 26.5. The van der Waals surface area contributed by atoms with Gasteiger partial charge in [0, 0.05) is 69.3 Å². The van der Waals surface area contributed by atoms with Gasteiger partial charge in [-0.2, -0.15) is 5.26 Å². The molecule has 0 saturated carbocycles. The molecule has 3 aromatic rings. The van der Waals surface area contributed by atoms with Crippen LogP contribution in [0.4, 0.5) is 17.3 Å². The Morgan fingerprint density at radius 2 is 1.83 bits per heavy atom. The van der Waals surface area contributed by atoms with Crippen molar-refractivity contribution in [2.24, 2.45) is 5.41 Å². The molecule has 2 aromatic heterocycles. The number of imide groups is 1. The van der Waals surface area contributed by atoms with Gasteiger partial charge in [0.15, 0.2) is 0 Å². The standard InChI is InChI=1S/C34H39ClN8O3/c35-27-19-37-31(18-26(27)28-2-1-3-30(41-28)38-22-34(21-36)12-16-46-17-13-34)40-25-10-14-43(15-11-25)20-23-4-6-24(7-5-23)39-29-8-9-32(44)42-33(29)45/h1-7,18-19,25,29,39H,8-17,20,22H2,(H,37,40)(H,38,41)(H,42,44,45). The Hall–Kier alpha value is -4.24. The Kier molecular flexibility index (Phi) is 9.97. The first-order valence-corrected chi connectivity index (χ1v) is 16.3. The third kappa shape index (κ3) is 7.94. The van der Waals surface area contributed by atoms with Crippen molar-refractivity contribution in [3.8, 4) is 17.3 Å². The highest BCUT2D eigenvalue weighted by Gasteiger charge is 2.32. The van der Waals surface area contributed by atoms with Gasteiger partial charge in [0.1, 0.15) is 17.7 Å². The van der Waals surface area contributed by atoms with E-state index in [4.69, 9.17) is 21.3 Å². The molecule has 46 heavy (non-hydrogen) atoms. The van der Waals surface area contributed by atoms with Gasteiger partial charge in [-0.3, -0.25) is 19.8 Å². The Morgan fingerprint density at radius 3 is 2.57 bits per heavy atom. The maximum Gasteiger partial charge on any atom is 0.249 e. The number of anilines is 3. The lowest BCUT2D eigenvalue weighted by Crippen LogP contribution is -2.47. The minimum absolute atomic E-state index is 0.212. The van der Waals surface area contributed by atoms with Gasteiger partial charge in [-0.05, 0) is 68.0 Å². The summed E-state index contributed by atoms with van der Waals surface area (Å²) in [7, 11) is 0. The number of likely N-dealkylation sites (tertiary alicyclic amines) is 1. The molecule has 5 heterocycles. The summed E-state index contributed by atoms with van der Waals surface area (Å²) >= 11 is 6.59. The Balaban J connectivity index is 0.999. The van der Waals surface area contributed by atoms with Crippen molar-refractivity contribution in [1.82, 2.24) is 20.2 Å². The van der Waals surface area contributed by atoms with Gasteiger partial charge in [0.05, 0.1) is 22.2 Å². The summed E-state index contributed by atoms with van der Waals surface area (Å²) in [6, 6.07) is 18.3. The van der Waals surface area contributed by atoms with Gasteiger partial charge in [-0.15, -0.1) is 0 Å². The third-order valence-electron chi connectivity index (χ3n) is 9.06. The van der Waals surface area contributed by atoms with Gasteiger partial charge < -0.3 is 20.7 Å². The first-order chi connectivity index (χ1) is 22.4. The summed E-state index contributed by atoms with van der Waals surface area (Å²) < 4.78 is 5.45. The minimum atomic E-state index is -0.446. The Labute approximate surface area is 274 Å². The molecule has 0 radical (unpaired) electrons. The number of ether oxygens (including phenoxy) is 1. The van der Waals surface area contributed by atoms with Crippen LogP contribution in [0.15, 0.2) is 54.7 Å². The SMILES string of the molecule is N#CC1(CNc2cccc(-c3cc(NC4CCN(Cc5ccc(NC6CCC(=O)NC6=O)cc5)CC4)ncc3Cl)n2)CCOCC1. The van der Waals surface area contributed by atoms with Crippen LogP contribution in [0.3, 0.4) is 0 Å². The number of piperidine rings is 2. The quantitative estimate of drug-likeness (QED) is 0.227. The van der Waals surface area contributed by atoms with Crippen molar-refractivity contribution < 1.29 is 14.3 Å². The van der Waals surface area contributed by atoms with E-state index in [-0.39, 0.29) is 17.9 Å². The zero-order valence-electron chi connectivity index (χ0n) is 25.7. The number of nitrogens with one attached hydrogen (secondary N) is 4. The number of hydrogen-bond acceptors (Lipinski definition) is 10. The van der Waals surface area contributed by atoms with Crippen LogP contribution in [-0.4, -0.2) is 71.6 Å². The molecule has 2 amide bonds. The molecular weight excluding hydrogens is 604 g/mol. The summed E-state index contributed by atoms with van der Waals surface area (Å²) in [6.07, 6.45) is 5.91. The maximum atomic E-state index is 12.0. The number of pyridine rings is 2. The molecule has 3 aliphatic rings. The molecule has 0 bridgehead atoms. The monoisotopic (exact) mass is 642 g/mol. The zero-order chi connectivity index (χ0) is 31.9. The molecule has 12 heteroatoms. The van der Waals surface area contributed by atoms with Crippen molar-refractivity contribution in [3.05, 3.63) is 65.3 Å². The van der Waals surface area contributed by atoms with E-state index in [0.29, 0.717) is 62.3 Å². The van der Waals surface area contributed by atoms with E-state index in [2.05, 4.69) is 49.4 Å². The molecular formula is C34H39ClN8O3. The second kappa shape index (κ2) is 14.5. The molecule has 240 valence electrons. The van der Waals surface area contributed by atoms with Gasteiger partial charge in [-0.25, -0.2) is 9.97 Å². The molecule has 4 N–H and O–H groups in total. The number of carbonyl (C=O) groups excluding carboxylic acids is 2. The Morgan fingerprint density at radius 1 is 1.04 bits per heavy atom. The van der Waals surface area contributed by atoms with Gasteiger partial charge in [-0.1, -0.05) is 29.8 Å². The number of nitrogens with zero attached hydrogens (tertiary/aromatic N) is 4. The van der Waals surface area contributed by atoms with Gasteiger partial charge in [0.25, 0.3) is 0 Å². The summed E-state index contributed by atoms with van der Waals surface area (Å²) in [5, 5.41) is 22.9. The summed E-state index contributed by atoms with van der Waals surface area (Å²) in [5.41, 5.74) is 3.18. The first-order valence-electron chi connectivity index (χ1n) is 15.9. The van der Waals surface area contributed by atoms with Crippen LogP contribution >= 0.6 is 11.6 Å². The fourth-order valence-corrected chi connectivity index (χ4v) is 6.39. The number of carbonyl (C=O) groups is 2. The van der Waals surface area contributed by atoms with E-state index in [0.717, 1.165) is 55.2 Å². The molecule has 0 spiro atoms. The molecule has 3 saturated heterocycles. The molecule has 6 rings (SSSR count). The molecule has 3 aliphatic heterocycles. The van der Waals surface area contributed by atoms with Crippen molar-refractivity contribution in [3.63, 3.8) is 0 Å². The highest BCUT2D eigenvalue weighted by molar-refractivity contribution is 6.33. The van der Waals surface area contributed by atoms with E-state index in [9.17, 15) is 14.9 Å². The first kappa shape index (κ1) is 31.7. The fraction of sp³-hybridized carbons (Fsp3) is 0.441. The molecule has 3 fully saturated rings. The molecule has 0 aliphatic carbocycles. The van der Waals surface area contributed by atoms with Crippen LogP contribution in [0.5, 0.6) is 0 Å². The predicted octanol–water partition coefficient (Wildman–Crippen LogP) is 4.82. The predicted molar refractivity (Wildman–Crippen MR) is 177 cm³/mol. The summed E-state index contributed by atoms with van der Waals surface area (Å²) in [5.74, 6) is 0.990. The largest absolute Gasteiger partial charge is 0.381 e. The fourth-order valence-electron chi connectivity index (χ4n) is 6.19. The minimum Gasteiger partial charge on any atom is -0.381 e. The van der Waals surface area contributed by atoms with E-state index in [1.165, 1.54) is 5.56 Å². The summed E-state index contributed by atoms with van der Waals surface area (Å²) in [4.78, 5) is 35.2. The highest BCUT2D eigenvalue weighted by Crippen LogP contribution is 2.32. The molecule has 11 nitrogen and oxygen atoms in total. The number of rotatable bonds is 10. The second-order valence-electron chi connectivity index (χ2n) is 12.4. The van der Waals surface area contributed by atoms with Crippen molar-refractivity contribution in [1.29, 1.82) is 5.26 Å². The number of hydrogen-bond donors (Lipinski definition) is 4. The van der Waals surface area contributed by atoms with E-state index in [1.807, 2.05) is 36.4 Å². The van der Waals surface area contributed by atoms with Gasteiger partial charge in [0.2, 0.25) is 11.8 Å². The number of nitriles is 1. The normalized spacial score (nSPS) is 20.4. The lowest BCUT2D eigenvalue weighted by atomic mass is 9.82. The second-order valence-corrected chi connectivity index (χ2v) is 12.8. The van der Waals surface area contributed by atoms with Gasteiger partial charge >= 0.3 is 0 Å². The van der Waals surface area contributed by atoms with E-state index < -0.39 is 5.41 Å².